The number of rotatable bonds is 19. The molecule has 5 rings (SSSR count). The minimum atomic E-state index is -1.05. The molecule has 3 saturated heterocycles. The van der Waals surface area contributed by atoms with Crippen molar-refractivity contribution in [3.63, 3.8) is 0 Å². The number of likely N-dealkylation sites (tertiary alicyclic amines) is 1. The Hall–Kier alpha value is -4.41. The number of cyclic esters (lactones) is 1. The van der Waals surface area contributed by atoms with Crippen molar-refractivity contribution in [1.82, 2.24) is 20.4 Å². The molecule has 4 fully saturated rings. The average molecular weight is 918 g/mol. The minimum Gasteiger partial charge on any atom is -0.495 e. The number of hydrogen-bond donors (Lipinski definition) is 2. The number of allylic oxidation sites excluding steroid dienone is 3. The molecule has 6 unspecified atom stereocenters. The largest absolute Gasteiger partial charge is 0.495 e. The number of carbonyl (C=O) groups excluding carboxylic acids is 7. The molecule has 63 heavy (non-hydrogen) atoms. The molecule has 3 heterocycles. The first-order valence-corrected chi connectivity index (χ1v) is 23.2. The summed E-state index contributed by atoms with van der Waals surface area (Å²) in [7, 11) is 5.99. The molecule has 2 N–H and O–H groups in total. The van der Waals surface area contributed by atoms with Crippen LogP contribution in [0, 0.1) is 11.8 Å². The number of halogens is 1. The van der Waals surface area contributed by atoms with E-state index in [-0.39, 0.29) is 54.9 Å². The average Bonchev–Trinajstić information content (AvgIpc) is 3.91. The molecule has 5 amide bonds. The number of alkyl carbamates (subject to hydrolysis) is 1. The van der Waals surface area contributed by atoms with Crippen molar-refractivity contribution in [2.45, 2.75) is 140 Å². The molecule has 1 aromatic carbocycles. The third-order valence-corrected chi connectivity index (χ3v) is 13.9. The molecule has 0 aromatic heterocycles. The van der Waals surface area contributed by atoms with Gasteiger partial charge in [-0.2, -0.15) is 0 Å². The van der Waals surface area contributed by atoms with Gasteiger partial charge in [0.1, 0.15) is 35.9 Å². The third-order valence-electron chi connectivity index (χ3n) is 12.4. The number of methoxy groups -OCH3 is 1. The highest BCUT2D eigenvalue weighted by Gasteiger charge is 2.63. The Morgan fingerprint density at radius 1 is 1.16 bits per heavy atom. The number of esters is 1. The van der Waals surface area contributed by atoms with Crippen LogP contribution in [0.1, 0.15) is 97.5 Å². The van der Waals surface area contributed by atoms with Crippen LogP contribution in [0.3, 0.4) is 0 Å². The molecular weight excluding hydrogens is 852 g/mol. The van der Waals surface area contributed by atoms with Crippen molar-refractivity contribution >= 4 is 65.3 Å². The molecule has 8 atom stereocenters. The molecular formula is C46H65ClN4O11S. The summed E-state index contributed by atoms with van der Waals surface area (Å²) in [5.74, 6) is -0.917. The Balaban J connectivity index is 0.000000976. The van der Waals surface area contributed by atoms with Gasteiger partial charge in [-0.15, -0.1) is 11.8 Å². The third kappa shape index (κ3) is 14.6. The molecule has 17 heteroatoms. The number of thioether (sulfide) groups is 1. The monoisotopic (exact) mass is 916 g/mol. The van der Waals surface area contributed by atoms with Crippen molar-refractivity contribution < 1.29 is 52.5 Å². The van der Waals surface area contributed by atoms with Crippen LogP contribution in [0.5, 0.6) is 5.75 Å². The second kappa shape index (κ2) is 24.0. The quantitative estimate of drug-likeness (QED) is 0.0544. The number of imide groups is 1. The van der Waals surface area contributed by atoms with E-state index in [0.29, 0.717) is 35.3 Å². The van der Waals surface area contributed by atoms with Gasteiger partial charge in [0.15, 0.2) is 0 Å². The zero-order valence-corrected chi connectivity index (χ0v) is 39.4. The predicted molar refractivity (Wildman–Crippen MR) is 240 cm³/mol. The Morgan fingerprint density at radius 3 is 2.49 bits per heavy atom. The SMILES string of the molecule is CNC(=O)C[C@H](OC(=O)C(C)N(C)C(=O)CCSC1CC(=O)N(C)C1=O)C1(C)OC1[C@H](C)C1CC(C/C=C/C=C(\C)Cc2ccc(Cl)c(OC)c2)NC(=O)O1.O=CC1CCCCC1. The first-order chi connectivity index (χ1) is 29.9. The summed E-state index contributed by atoms with van der Waals surface area (Å²) in [6, 6.07) is 4.53. The zero-order valence-electron chi connectivity index (χ0n) is 37.8. The highest BCUT2D eigenvalue weighted by molar-refractivity contribution is 8.00. The van der Waals surface area contributed by atoms with Gasteiger partial charge in [0.05, 0.1) is 29.9 Å². The number of nitrogens with one attached hydrogen (secondary N) is 2. The number of carbonyl (C=O) groups is 7. The standard InChI is InChI=1S/C39H53ClN4O10S.C7H12O/c1-22(17-25-13-14-27(40)29(18-25)51-8)11-9-10-12-26-19-28(52-38(50)42-26)23(2)35-39(4,54-35)31(21-32(45)41-5)53-37(49)24(3)43(6)33(46)15-16-55-30-20-34(47)44(7)36(30)48;8-6-7-4-2-1-3-5-7/h9-11,13-14,18,23-24,26,28,30-31,35H,12,15-17,19-21H2,1-8H3,(H,41,45)(H,42,50);6-7H,1-5H2/b10-9+,22-11+;/t23-,24?,26?,28?,30?,31+,35?,39?;/m1./s1. The first-order valence-electron chi connectivity index (χ1n) is 21.8. The number of benzene rings is 1. The van der Waals surface area contributed by atoms with Crippen LogP contribution in [-0.2, 0) is 49.4 Å². The predicted octanol–water partition coefficient (Wildman–Crippen LogP) is 5.99. The van der Waals surface area contributed by atoms with Crippen LogP contribution < -0.4 is 15.4 Å². The first kappa shape index (κ1) is 51.2. The van der Waals surface area contributed by atoms with Crippen molar-refractivity contribution in [3.8, 4) is 5.75 Å². The van der Waals surface area contributed by atoms with Crippen LogP contribution in [0.25, 0.3) is 0 Å². The number of aldehydes is 1. The lowest BCUT2D eigenvalue weighted by Gasteiger charge is -2.33. The van der Waals surface area contributed by atoms with Gasteiger partial charge in [-0.25, -0.2) is 9.59 Å². The van der Waals surface area contributed by atoms with E-state index >= 15 is 0 Å². The van der Waals surface area contributed by atoms with Crippen molar-refractivity contribution in [3.05, 3.63) is 52.6 Å². The summed E-state index contributed by atoms with van der Waals surface area (Å²) in [5.41, 5.74) is 1.15. The topological polar surface area (TPSA) is 190 Å². The molecule has 0 radical (unpaired) electrons. The fourth-order valence-electron chi connectivity index (χ4n) is 8.03. The number of likely N-dealkylation sites (N-methyl/N-ethyl adjacent to an activating group) is 1. The summed E-state index contributed by atoms with van der Waals surface area (Å²) in [4.78, 5) is 88.1. The van der Waals surface area contributed by atoms with E-state index in [0.717, 1.165) is 41.6 Å². The lowest BCUT2D eigenvalue weighted by atomic mass is 9.85. The molecule has 0 bridgehead atoms. The Bertz CT molecular complexity index is 1870. The van der Waals surface area contributed by atoms with E-state index in [4.69, 9.17) is 30.5 Å². The second-order valence-corrected chi connectivity index (χ2v) is 18.8. The summed E-state index contributed by atoms with van der Waals surface area (Å²) >= 11 is 7.38. The van der Waals surface area contributed by atoms with Crippen LogP contribution in [0.4, 0.5) is 4.79 Å². The summed E-state index contributed by atoms with van der Waals surface area (Å²) in [6.07, 6.45) is 12.5. The van der Waals surface area contributed by atoms with E-state index in [1.54, 1.807) is 14.0 Å². The maximum Gasteiger partial charge on any atom is 0.407 e. The lowest BCUT2D eigenvalue weighted by Crippen LogP contribution is -2.49. The summed E-state index contributed by atoms with van der Waals surface area (Å²) < 4.78 is 23.1. The smallest absolute Gasteiger partial charge is 0.407 e. The normalized spacial score (nSPS) is 25.2. The fraction of sp³-hybridized carbons (Fsp3) is 0.630. The molecule has 1 aromatic rings. The molecule has 3 aliphatic heterocycles. The van der Waals surface area contributed by atoms with Gasteiger partial charge in [-0.05, 0) is 64.2 Å². The van der Waals surface area contributed by atoms with Crippen LogP contribution in [0.2, 0.25) is 5.02 Å². The van der Waals surface area contributed by atoms with Crippen molar-refractivity contribution in [2.75, 3.05) is 34.0 Å². The van der Waals surface area contributed by atoms with E-state index in [1.165, 1.54) is 64.0 Å². The number of hydrogen-bond acceptors (Lipinski definition) is 12. The van der Waals surface area contributed by atoms with Gasteiger partial charge >= 0.3 is 12.1 Å². The van der Waals surface area contributed by atoms with Gasteiger partial charge in [0.2, 0.25) is 23.6 Å². The van der Waals surface area contributed by atoms with Crippen molar-refractivity contribution in [2.24, 2.45) is 11.8 Å². The van der Waals surface area contributed by atoms with Gasteiger partial charge in [0.25, 0.3) is 0 Å². The van der Waals surface area contributed by atoms with Crippen LogP contribution in [-0.4, -0.2) is 127 Å². The van der Waals surface area contributed by atoms with Gasteiger partial charge in [0, 0.05) is 64.0 Å². The number of epoxide rings is 1. The zero-order chi connectivity index (χ0) is 46.4. The molecule has 0 spiro atoms. The molecule has 15 nitrogen and oxygen atoms in total. The van der Waals surface area contributed by atoms with E-state index in [2.05, 4.69) is 10.6 Å². The summed E-state index contributed by atoms with van der Waals surface area (Å²) in [6.45, 7) is 7.23. The molecule has 348 valence electrons. The highest BCUT2D eigenvalue weighted by atomic mass is 35.5. The Kier molecular flexibility index (Phi) is 19.5. The maximum atomic E-state index is 13.4. The highest BCUT2D eigenvalue weighted by Crippen LogP contribution is 2.48. The Morgan fingerprint density at radius 2 is 1.87 bits per heavy atom. The molecule has 4 aliphatic rings. The van der Waals surface area contributed by atoms with E-state index in [9.17, 15) is 33.6 Å². The van der Waals surface area contributed by atoms with Crippen LogP contribution >= 0.6 is 23.4 Å². The second-order valence-electron chi connectivity index (χ2n) is 17.0. The maximum absolute atomic E-state index is 13.4. The van der Waals surface area contributed by atoms with E-state index < -0.39 is 47.3 Å². The lowest BCUT2D eigenvalue weighted by molar-refractivity contribution is -0.162. The Labute approximate surface area is 380 Å². The number of ether oxygens (including phenoxy) is 4. The van der Waals surface area contributed by atoms with Gasteiger partial charge in [-0.1, -0.05) is 67.7 Å². The summed E-state index contributed by atoms with van der Waals surface area (Å²) in [5, 5.41) is 5.49. The fourth-order valence-corrected chi connectivity index (χ4v) is 9.36. The van der Waals surface area contributed by atoms with Crippen molar-refractivity contribution in [1.29, 1.82) is 0 Å². The number of nitrogens with zero attached hydrogens (tertiary/aromatic N) is 2. The van der Waals surface area contributed by atoms with E-state index in [1.807, 2.05) is 50.3 Å². The van der Waals surface area contributed by atoms with Gasteiger partial charge < -0.3 is 39.3 Å². The molecule has 1 aliphatic carbocycles. The van der Waals surface area contributed by atoms with Gasteiger partial charge in [-0.3, -0.25) is 24.1 Å². The minimum absolute atomic E-state index is 0.0466. The molecule has 1 saturated carbocycles. The van der Waals surface area contributed by atoms with Crippen LogP contribution in [0.15, 0.2) is 42.0 Å². The number of amides is 5.